The lowest BCUT2D eigenvalue weighted by Crippen LogP contribution is -2.54. The highest BCUT2D eigenvalue weighted by molar-refractivity contribution is 5.16. The van der Waals surface area contributed by atoms with Gasteiger partial charge in [0.05, 0.1) is 11.7 Å². The molecule has 0 saturated heterocycles. The summed E-state index contributed by atoms with van der Waals surface area (Å²) in [6.07, 6.45) is 11.1. The first-order chi connectivity index (χ1) is 10.1. The number of hydrogen-bond acceptors (Lipinski definition) is 3. The van der Waals surface area contributed by atoms with Crippen LogP contribution >= 0.6 is 0 Å². The van der Waals surface area contributed by atoms with E-state index in [4.69, 9.17) is 0 Å². The third kappa shape index (κ3) is 3.49. The van der Waals surface area contributed by atoms with E-state index >= 15 is 0 Å². The molecule has 1 aromatic rings. The molecule has 1 unspecified atom stereocenters. The number of nitrogens with one attached hydrogen (secondary N) is 1. The first-order valence-corrected chi connectivity index (χ1v) is 8.50. The van der Waals surface area contributed by atoms with Crippen LogP contribution in [0, 0.1) is 0 Å². The molecule has 4 heteroatoms. The molecule has 4 nitrogen and oxygen atoms in total. The van der Waals surface area contributed by atoms with E-state index in [2.05, 4.69) is 49.4 Å². The van der Waals surface area contributed by atoms with Crippen LogP contribution in [0.3, 0.4) is 0 Å². The first-order valence-electron chi connectivity index (χ1n) is 8.50. The topological polar surface area (TPSA) is 33.1 Å². The van der Waals surface area contributed by atoms with Crippen LogP contribution < -0.4 is 5.32 Å². The van der Waals surface area contributed by atoms with Gasteiger partial charge in [-0.25, -0.2) is 0 Å². The zero-order valence-corrected chi connectivity index (χ0v) is 14.2. The molecule has 1 atom stereocenters. The van der Waals surface area contributed by atoms with E-state index < -0.39 is 0 Å². The zero-order valence-electron chi connectivity index (χ0n) is 14.2. The standard InChI is InChI=1S/C17H32N4/c1-5-13-18-16(15-10-14-19-21(15)4)17(20(2)3)11-8-6-7-9-12-17/h10,14,16,18H,5-9,11-13H2,1-4H3. The minimum Gasteiger partial charge on any atom is -0.307 e. The Kier molecular flexibility index (Phi) is 5.82. The smallest absolute Gasteiger partial charge is 0.0678 e. The number of hydrogen-bond donors (Lipinski definition) is 1. The SMILES string of the molecule is CCCNC(c1ccnn1C)C1(N(C)C)CCCCCC1. The summed E-state index contributed by atoms with van der Waals surface area (Å²) >= 11 is 0. The van der Waals surface area contributed by atoms with E-state index in [1.165, 1.54) is 44.2 Å². The van der Waals surface area contributed by atoms with Crippen molar-refractivity contribution in [1.82, 2.24) is 20.0 Å². The molecule has 1 aliphatic rings. The fourth-order valence-corrected chi connectivity index (χ4v) is 3.86. The summed E-state index contributed by atoms with van der Waals surface area (Å²) in [5.41, 5.74) is 1.53. The quantitative estimate of drug-likeness (QED) is 0.818. The Balaban J connectivity index is 2.37. The molecule has 2 rings (SSSR count). The van der Waals surface area contributed by atoms with Gasteiger partial charge in [-0.2, -0.15) is 5.10 Å². The summed E-state index contributed by atoms with van der Waals surface area (Å²) in [4.78, 5) is 2.47. The van der Waals surface area contributed by atoms with Crippen LogP contribution in [-0.2, 0) is 7.05 Å². The van der Waals surface area contributed by atoms with Gasteiger partial charge in [0.2, 0.25) is 0 Å². The minimum absolute atomic E-state index is 0.208. The highest BCUT2D eigenvalue weighted by Gasteiger charge is 2.42. The molecule has 0 amide bonds. The van der Waals surface area contributed by atoms with Gasteiger partial charge in [-0.1, -0.05) is 32.6 Å². The minimum atomic E-state index is 0.208. The Bertz CT molecular complexity index is 416. The maximum absolute atomic E-state index is 4.41. The molecule has 0 bridgehead atoms. The van der Waals surface area contributed by atoms with E-state index in [1.807, 2.05) is 10.9 Å². The van der Waals surface area contributed by atoms with Crippen LogP contribution in [0.5, 0.6) is 0 Å². The Morgan fingerprint density at radius 2 is 1.95 bits per heavy atom. The van der Waals surface area contributed by atoms with Gasteiger partial charge in [-0.15, -0.1) is 0 Å². The monoisotopic (exact) mass is 292 g/mol. The van der Waals surface area contributed by atoms with Gasteiger partial charge in [-0.05, 0) is 46.0 Å². The number of rotatable bonds is 6. The van der Waals surface area contributed by atoms with E-state index in [0.717, 1.165) is 13.0 Å². The van der Waals surface area contributed by atoms with Crippen LogP contribution in [0.2, 0.25) is 0 Å². The van der Waals surface area contributed by atoms with Crippen molar-refractivity contribution in [3.8, 4) is 0 Å². The van der Waals surface area contributed by atoms with Crippen LogP contribution in [-0.4, -0.2) is 40.9 Å². The fourth-order valence-electron chi connectivity index (χ4n) is 3.86. The number of likely N-dealkylation sites (N-methyl/N-ethyl adjacent to an activating group) is 1. The summed E-state index contributed by atoms with van der Waals surface area (Å²) in [5, 5.41) is 8.24. The predicted octanol–water partition coefficient (Wildman–Crippen LogP) is 3.12. The Labute approximate surface area is 129 Å². The molecule has 0 radical (unpaired) electrons. The van der Waals surface area contributed by atoms with Gasteiger partial charge in [0, 0.05) is 18.8 Å². The summed E-state index contributed by atoms with van der Waals surface area (Å²) in [5.74, 6) is 0. The number of nitrogens with zero attached hydrogens (tertiary/aromatic N) is 3. The first kappa shape index (κ1) is 16.5. The van der Waals surface area contributed by atoms with Crippen molar-refractivity contribution >= 4 is 0 Å². The number of aryl methyl sites for hydroxylation is 1. The largest absolute Gasteiger partial charge is 0.307 e. The molecule has 120 valence electrons. The maximum Gasteiger partial charge on any atom is 0.0678 e. The van der Waals surface area contributed by atoms with Crippen LogP contribution in [0.4, 0.5) is 0 Å². The maximum atomic E-state index is 4.41. The molecule has 0 spiro atoms. The highest BCUT2D eigenvalue weighted by atomic mass is 15.3. The van der Waals surface area contributed by atoms with E-state index in [1.54, 1.807) is 0 Å². The Morgan fingerprint density at radius 1 is 1.29 bits per heavy atom. The Hall–Kier alpha value is -0.870. The second-order valence-corrected chi connectivity index (χ2v) is 6.68. The number of aromatic nitrogens is 2. The van der Waals surface area contributed by atoms with Crippen LogP contribution in [0.1, 0.15) is 63.6 Å². The highest BCUT2D eigenvalue weighted by Crippen LogP contribution is 2.40. The van der Waals surface area contributed by atoms with Gasteiger partial charge in [0.15, 0.2) is 0 Å². The Morgan fingerprint density at radius 3 is 2.43 bits per heavy atom. The second kappa shape index (κ2) is 7.41. The fraction of sp³-hybridized carbons (Fsp3) is 0.824. The average Bonchev–Trinajstić information content (AvgIpc) is 2.74. The lowest BCUT2D eigenvalue weighted by atomic mass is 9.79. The van der Waals surface area contributed by atoms with Gasteiger partial charge in [-0.3, -0.25) is 4.68 Å². The predicted molar refractivity (Wildman–Crippen MR) is 88.4 cm³/mol. The molecule has 1 aromatic heterocycles. The third-order valence-corrected chi connectivity index (χ3v) is 5.15. The molecular weight excluding hydrogens is 260 g/mol. The van der Waals surface area contributed by atoms with Crippen molar-refractivity contribution in [3.05, 3.63) is 18.0 Å². The molecule has 21 heavy (non-hydrogen) atoms. The van der Waals surface area contributed by atoms with Gasteiger partial charge in [0.1, 0.15) is 0 Å². The van der Waals surface area contributed by atoms with Gasteiger partial charge in [0.25, 0.3) is 0 Å². The average molecular weight is 292 g/mol. The van der Waals surface area contributed by atoms with Crippen molar-refractivity contribution in [2.24, 2.45) is 7.05 Å². The van der Waals surface area contributed by atoms with Gasteiger partial charge < -0.3 is 10.2 Å². The molecular formula is C17H32N4. The van der Waals surface area contributed by atoms with E-state index in [-0.39, 0.29) is 5.54 Å². The molecule has 1 fully saturated rings. The summed E-state index contributed by atoms with van der Waals surface area (Å²) in [7, 11) is 6.57. The molecule has 1 heterocycles. The molecule has 1 N–H and O–H groups in total. The van der Waals surface area contributed by atoms with Crippen molar-refractivity contribution in [3.63, 3.8) is 0 Å². The summed E-state index contributed by atoms with van der Waals surface area (Å²) in [6, 6.07) is 2.54. The normalized spacial score (nSPS) is 20.4. The van der Waals surface area contributed by atoms with Crippen molar-refractivity contribution in [2.45, 2.75) is 63.5 Å². The summed E-state index contributed by atoms with van der Waals surface area (Å²) < 4.78 is 2.05. The van der Waals surface area contributed by atoms with Crippen molar-refractivity contribution < 1.29 is 0 Å². The second-order valence-electron chi connectivity index (χ2n) is 6.68. The summed E-state index contributed by atoms with van der Waals surface area (Å²) in [6.45, 7) is 3.30. The van der Waals surface area contributed by atoms with E-state index in [0.29, 0.717) is 6.04 Å². The lowest BCUT2D eigenvalue weighted by Gasteiger charge is -2.46. The van der Waals surface area contributed by atoms with Crippen molar-refractivity contribution in [1.29, 1.82) is 0 Å². The molecule has 0 aliphatic heterocycles. The zero-order chi connectivity index (χ0) is 15.3. The van der Waals surface area contributed by atoms with E-state index in [9.17, 15) is 0 Å². The molecule has 0 aromatic carbocycles. The van der Waals surface area contributed by atoms with Crippen LogP contribution in [0.25, 0.3) is 0 Å². The molecule has 1 saturated carbocycles. The third-order valence-electron chi connectivity index (χ3n) is 5.15. The molecule has 1 aliphatic carbocycles. The van der Waals surface area contributed by atoms with Crippen molar-refractivity contribution in [2.75, 3.05) is 20.6 Å². The lowest BCUT2D eigenvalue weighted by molar-refractivity contribution is 0.0764. The van der Waals surface area contributed by atoms with Crippen LogP contribution in [0.15, 0.2) is 12.3 Å². The van der Waals surface area contributed by atoms with Gasteiger partial charge >= 0.3 is 0 Å².